The lowest BCUT2D eigenvalue weighted by Crippen LogP contribution is -2.23. The lowest BCUT2D eigenvalue weighted by Gasteiger charge is -2.10. The second-order valence-corrected chi connectivity index (χ2v) is 5.54. The maximum absolute atomic E-state index is 13.2. The summed E-state index contributed by atoms with van der Waals surface area (Å²) in [7, 11) is 0. The van der Waals surface area contributed by atoms with Crippen LogP contribution in [0.5, 0.6) is 0 Å². The summed E-state index contributed by atoms with van der Waals surface area (Å²) >= 11 is 3.15. The monoisotopic (exact) mass is 339 g/mol. The minimum Gasteiger partial charge on any atom is -0.465 e. The van der Waals surface area contributed by atoms with Crippen LogP contribution in [0.15, 0.2) is 28.9 Å². The molecule has 0 bridgehead atoms. The normalized spacial score (nSPS) is 13.6. The number of aromatic nitrogens is 2. The average molecular weight is 340 g/mol. The van der Waals surface area contributed by atoms with Gasteiger partial charge in [-0.15, -0.1) is 0 Å². The van der Waals surface area contributed by atoms with E-state index >= 15 is 0 Å². The molecule has 3 rings (SSSR count). The molecule has 104 valence electrons. The van der Waals surface area contributed by atoms with E-state index < -0.39 is 6.09 Å². The van der Waals surface area contributed by atoms with Crippen LogP contribution in [0, 0.1) is 5.82 Å². The summed E-state index contributed by atoms with van der Waals surface area (Å²) in [5, 5.41) is 13.3. The molecule has 0 spiro atoms. The van der Waals surface area contributed by atoms with Gasteiger partial charge in [0.1, 0.15) is 5.82 Å². The highest BCUT2D eigenvalue weighted by Crippen LogP contribution is 2.22. The SMILES string of the molecule is O=C(O)N1Cc2cn(Cc3ccc(F)c(Br)c3)nc2C1. The summed E-state index contributed by atoms with van der Waals surface area (Å²) in [4.78, 5) is 12.2. The number of rotatable bonds is 2. The van der Waals surface area contributed by atoms with E-state index in [1.165, 1.54) is 11.0 Å². The fourth-order valence-corrected chi connectivity index (χ4v) is 2.68. The maximum atomic E-state index is 13.2. The molecule has 1 aliphatic rings. The van der Waals surface area contributed by atoms with Gasteiger partial charge in [0.15, 0.2) is 0 Å². The molecule has 2 aromatic rings. The van der Waals surface area contributed by atoms with E-state index in [0.717, 1.165) is 16.8 Å². The van der Waals surface area contributed by atoms with Crippen LogP contribution in [0.3, 0.4) is 0 Å². The zero-order valence-corrected chi connectivity index (χ0v) is 12.0. The second kappa shape index (κ2) is 4.90. The zero-order valence-electron chi connectivity index (χ0n) is 10.4. The van der Waals surface area contributed by atoms with Crippen molar-refractivity contribution in [1.82, 2.24) is 14.7 Å². The van der Waals surface area contributed by atoms with E-state index in [1.54, 1.807) is 16.8 Å². The molecule has 0 atom stereocenters. The molecule has 1 aliphatic heterocycles. The van der Waals surface area contributed by atoms with E-state index in [0.29, 0.717) is 24.1 Å². The molecule has 0 radical (unpaired) electrons. The maximum Gasteiger partial charge on any atom is 0.407 e. The molecule has 1 aromatic carbocycles. The first kappa shape index (κ1) is 13.1. The minimum atomic E-state index is -0.933. The van der Waals surface area contributed by atoms with Crippen LogP contribution in [-0.2, 0) is 19.6 Å². The average Bonchev–Trinajstić information content (AvgIpc) is 2.91. The lowest BCUT2D eigenvalue weighted by atomic mass is 10.2. The molecule has 0 saturated carbocycles. The van der Waals surface area contributed by atoms with Crippen molar-refractivity contribution in [3.05, 3.63) is 51.5 Å². The third-order valence-electron chi connectivity index (χ3n) is 3.23. The van der Waals surface area contributed by atoms with Crippen molar-refractivity contribution in [3.63, 3.8) is 0 Å². The van der Waals surface area contributed by atoms with Gasteiger partial charge in [-0.3, -0.25) is 9.58 Å². The standard InChI is InChI=1S/C13H11BrFN3O2/c14-10-3-8(1-2-11(10)15)4-18-6-9-5-17(13(19)20)7-12(9)16-18/h1-3,6H,4-5,7H2,(H,19,20). The van der Waals surface area contributed by atoms with Gasteiger partial charge in [-0.25, -0.2) is 9.18 Å². The van der Waals surface area contributed by atoms with Crippen molar-refractivity contribution >= 4 is 22.0 Å². The summed E-state index contributed by atoms with van der Waals surface area (Å²) in [6.07, 6.45) is 0.909. The molecule has 2 heterocycles. The van der Waals surface area contributed by atoms with Crippen LogP contribution >= 0.6 is 15.9 Å². The Morgan fingerprint density at radius 1 is 1.45 bits per heavy atom. The Kier molecular flexibility index (Phi) is 3.21. The van der Waals surface area contributed by atoms with Gasteiger partial charge in [-0.05, 0) is 33.6 Å². The summed E-state index contributed by atoms with van der Waals surface area (Å²) in [5.41, 5.74) is 2.64. The summed E-state index contributed by atoms with van der Waals surface area (Å²) in [6.45, 7) is 1.22. The minimum absolute atomic E-state index is 0.297. The molecular weight excluding hydrogens is 329 g/mol. The number of carboxylic acid groups (broad SMARTS) is 1. The highest BCUT2D eigenvalue weighted by Gasteiger charge is 2.25. The molecular formula is C13H11BrFN3O2. The topological polar surface area (TPSA) is 58.4 Å². The van der Waals surface area contributed by atoms with Crippen molar-refractivity contribution in [3.8, 4) is 0 Å². The quantitative estimate of drug-likeness (QED) is 0.915. The Hall–Kier alpha value is -1.89. The van der Waals surface area contributed by atoms with Gasteiger partial charge < -0.3 is 5.11 Å². The highest BCUT2D eigenvalue weighted by atomic mass is 79.9. The Balaban J connectivity index is 1.76. The number of nitrogens with zero attached hydrogens (tertiary/aromatic N) is 3. The van der Waals surface area contributed by atoms with Gasteiger partial charge in [0, 0.05) is 11.8 Å². The van der Waals surface area contributed by atoms with Crippen molar-refractivity contribution in [1.29, 1.82) is 0 Å². The smallest absolute Gasteiger partial charge is 0.407 e. The number of fused-ring (bicyclic) bond motifs is 1. The number of amides is 1. The Bertz CT molecular complexity index is 663. The van der Waals surface area contributed by atoms with Crippen LogP contribution in [0.4, 0.5) is 9.18 Å². The Morgan fingerprint density at radius 2 is 2.25 bits per heavy atom. The third-order valence-corrected chi connectivity index (χ3v) is 3.83. The van der Waals surface area contributed by atoms with E-state index in [4.69, 9.17) is 5.11 Å². The van der Waals surface area contributed by atoms with E-state index in [1.807, 2.05) is 6.20 Å². The Morgan fingerprint density at radius 3 is 2.90 bits per heavy atom. The zero-order chi connectivity index (χ0) is 14.3. The molecule has 0 fully saturated rings. The molecule has 1 aromatic heterocycles. The third kappa shape index (κ3) is 2.40. The molecule has 0 unspecified atom stereocenters. The fraction of sp³-hybridized carbons (Fsp3) is 0.231. The van der Waals surface area contributed by atoms with Gasteiger partial charge in [0.25, 0.3) is 0 Å². The van der Waals surface area contributed by atoms with Gasteiger partial charge >= 0.3 is 6.09 Å². The molecule has 0 saturated heterocycles. The number of hydrogen-bond donors (Lipinski definition) is 1. The van der Waals surface area contributed by atoms with E-state index in [9.17, 15) is 9.18 Å². The molecule has 1 N–H and O–H groups in total. The predicted octanol–water partition coefficient (Wildman–Crippen LogP) is 2.83. The first-order valence-corrected chi connectivity index (χ1v) is 6.79. The Labute approximate surface area is 122 Å². The van der Waals surface area contributed by atoms with Crippen molar-refractivity contribution in [2.24, 2.45) is 0 Å². The van der Waals surface area contributed by atoms with Crippen molar-refractivity contribution in [2.75, 3.05) is 0 Å². The van der Waals surface area contributed by atoms with E-state index in [2.05, 4.69) is 21.0 Å². The molecule has 1 amide bonds. The highest BCUT2D eigenvalue weighted by molar-refractivity contribution is 9.10. The fourth-order valence-electron chi connectivity index (χ4n) is 2.25. The van der Waals surface area contributed by atoms with Crippen molar-refractivity contribution < 1.29 is 14.3 Å². The van der Waals surface area contributed by atoms with Gasteiger partial charge in [-0.1, -0.05) is 6.07 Å². The second-order valence-electron chi connectivity index (χ2n) is 4.69. The molecule has 5 nitrogen and oxygen atoms in total. The van der Waals surface area contributed by atoms with Gasteiger partial charge in [0.2, 0.25) is 0 Å². The van der Waals surface area contributed by atoms with Crippen molar-refractivity contribution in [2.45, 2.75) is 19.6 Å². The van der Waals surface area contributed by atoms with Crippen LogP contribution in [0.2, 0.25) is 0 Å². The number of benzene rings is 1. The summed E-state index contributed by atoms with van der Waals surface area (Å²) < 4.78 is 15.3. The predicted molar refractivity (Wildman–Crippen MR) is 72.7 cm³/mol. The summed E-state index contributed by atoms with van der Waals surface area (Å²) in [6, 6.07) is 4.82. The van der Waals surface area contributed by atoms with Crippen LogP contribution in [0.1, 0.15) is 16.8 Å². The van der Waals surface area contributed by atoms with Crippen LogP contribution < -0.4 is 0 Å². The van der Waals surface area contributed by atoms with E-state index in [-0.39, 0.29) is 5.82 Å². The molecule has 20 heavy (non-hydrogen) atoms. The summed E-state index contributed by atoms with van der Waals surface area (Å²) in [5.74, 6) is -0.297. The number of carbonyl (C=O) groups is 1. The lowest BCUT2D eigenvalue weighted by molar-refractivity contribution is 0.144. The van der Waals surface area contributed by atoms with Gasteiger partial charge in [-0.2, -0.15) is 5.10 Å². The first-order valence-electron chi connectivity index (χ1n) is 6.00. The number of halogens is 2. The first-order chi connectivity index (χ1) is 9.52. The number of hydrogen-bond acceptors (Lipinski definition) is 2. The van der Waals surface area contributed by atoms with Gasteiger partial charge in [0.05, 0.1) is 29.8 Å². The molecule has 7 heteroatoms. The van der Waals surface area contributed by atoms with Crippen LogP contribution in [-0.4, -0.2) is 25.9 Å². The van der Waals surface area contributed by atoms with Crippen LogP contribution in [0.25, 0.3) is 0 Å². The largest absolute Gasteiger partial charge is 0.465 e. The molecule has 0 aliphatic carbocycles.